The summed E-state index contributed by atoms with van der Waals surface area (Å²) < 4.78 is 13.9. The van der Waals surface area contributed by atoms with Crippen molar-refractivity contribution in [2.75, 3.05) is 0 Å². The second-order valence-corrected chi connectivity index (χ2v) is 6.38. The highest BCUT2D eigenvalue weighted by Gasteiger charge is 2.18. The minimum absolute atomic E-state index is 0.0126. The smallest absolute Gasteiger partial charge is 0.131 e. The fraction of sp³-hybridized carbons (Fsp3) is 0.474. The average molecular weight is 285 g/mol. The van der Waals surface area contributed by atoms with Crippen molar-refractivity contribution in [3.05, 3.63) is 47.8 Å². The maximum Gasteiger partial charge on any atom is 0.131 e. The summed E-state index contributed by atoms with van der Waals surface area (Å²) in [7, 11) is 0. The minimum Gasteiger partial charge on any atom is -0.324 e. The van der Waals surface area contributed by atoms with Crippen LogP contribution >= 0.6 is 0 Å². The van der Waals surface area contributed by atoms with E-state index < -0.39 is 0 Å². The van der Waals surface area contributed by atoms with Crippen LogP contribution in [0.15, 0.2) is 36.4 Å². The van der Waals surface area contributed by atoms with E-state index in [-0.39, 0.29) is 11.9 Å². The lowest BCUT2D eigenvalue weighted by Gasteiger charge is -2.21. The summed E-state index contributed by atoms with van der Waals surface area (Å²) in [6, 6.07) is 11.1. The van der Waals surface area contributed by atoms with Crippen LogP contribution in [0, 0.1) is 11.7 Å². The van der Waals surface area contributed by atoms with Crippen LogP contribution in [-0.2, 0) is 0 Å². The van der Waals surface area contributed by atoms with E-state index in [0.29, 0.717) is 5.39 Å². The Balaban J connectivity index is 1.84. The molecular weight excluding hydrogens is 261 g/mol. The summed E-state index contributed by atoms with van der Waals surface area (Å²) in [4.78, 5) is 0. The molecule has 1 aliphatic carbocycles. The molecule has 2 aromatic carbocycles. The maximum atomic E-state index is 13.9. The van der Waals surface area contributed by atoms with Crippen LogP contribution < -0.4 is 5.73 Å². The zero-order chi connectivity index (χ0) is 14.7. The lowest BCUT2D eigenvalue weighted by molar-refractivity contribution is 0.393. The van der Waals surface area contributed by atoms with Crippen LogP contribution in [0.1, 0.15) is 56.6 Å². The largest absolute Gasteiger partial charge is 0.324 e. The molecule has 21 heavy (non-hydrogen) atoms. The average Bonchev–Trinajstić information content (AvgIpc) is 2.76. The first-order valence-electron chi connectivity index (χ1n) is 8.18. The van der Waals surface area contributed by atoms with Gasteiger partial charge in [0.05, 0.1) is 0 Å². The van der Waals surface area contributed by atoms with Gasteiger partial charge in [0.1, 0.15) is 5.82 Å². The second kappa shape index (κ2) is 6.57. The molecule has 0 bridgehead atoms. The molecule has 0 aromatic heterocycles. The van der Waals surface area contributed by atoms with E-state index in [1.807, 2.05) is 30.3 Å². The Labute approximate surface area is 126 Å². The summed E-state index contributed by atoms with van der Waals surface area (Å²) in [5.41, 5.74) is 7.56. The molecule has 0 amide bonds. The van der Waals surface area contributed by atoms with Gasteiger partial charge in [-0.2, -0.15) is 0 Å². The number of nitrogens with two attached hydrogens (primary N) is 1. The maximum absolute atomic E-state index is 13.9. The molecule has 0 aliphatic heterocycles. The van der Waals surface area contributed by atoms with Crippen LogP contribution in [0.2, 0.25) is 0 Å². The molecule has 1 unspecified atom stereocenters. The lowest BCUT2D eigenvalue weighted by atomic mass is 9.88. The van der Waals surface area contributed by atoms with Gasteiger partial charge in [0, 0.05) is 11.4 Å². The Morgan fingerprint density at radius 3 is 2.33 bits per heavy atom. The van der Waals surface area contributed by atoms with Gasteiger partial charge in [0.25, 0.3) is 0 Å². The van der Waals surface area contributed by atoms with Gasteiger partial charge in [-0.1, -0.05) is 68.9 Å². The van der Waals surface area contributed by atoms with E-state index in [4.69, 9.17) is 5.73 Å². The molecule has 0 spiro atoms. The van der Waals surface area contributed by atoms with Crippen LogP contribution in [0.4, 0.5) is 4.39 Å². The van der Waals surface area contributed by atoms with Crippen molar-refractivity contribution in [1.29, 1.82) is 0 Å². The number of halogens is 1. The highest BCUT2D eigenvalue weighted by atomic mass is 19.1. The Morgan fingerprint density at radius 1 is 0.952 bits per heavy atom. The Morgan fingerprint density at radius 2 is 1.62 bits per heavy atom. The van der Waals surface area contributed by atoms with Gasteiger partial charge in [-0.25, -0.2) is 4.39 Å². The van der Waals surface area contributed by atoms with Gasteiger partial charge in [-0.05, 0) is 29.4 Å². The number of rotatable bonds is 3. The van der Waals surface area contributed by atoms with Crippen molar-refractivity contribution in [3.8, 4) is 0 Å². The quantitative estimate of drug-likeness (QED) is 0.757. The molecule has 1 aliphatic rings. The molecular formula is C19H24FN. The van der Waals surface area contributed by atoms with Crippen LogP contribution in [-0.4, -0.2) is 0 Å². The first kappa shape index (κ1) is 14.5. The van der Waals surface area contributed by atoms with Crippen molar-refractivity contribution < 1.29 is 4.39 Å². The molecule has 0 radical (unpaired) electrons. The van der Waals surface area contributed by atoms with Crippen molar-refractivity contribution in [1.82, 2.24) is 0 Å². The summed E-state index contributed by atoms with van der Waals surface area (Å²) in [6.07, 6.45) is 9.02. The van der Waals surface area contributed by atoms with Crippen molar-refractivity contribution >= 4 is 10.8 Å². The zero-order valence-electron chi connectivity index (χ0n) is 12.5. The fourth-order valence-electron chi connectivity index (χ4n) is 3.69. The summed E-state index contributed by atoms with van der Waals surface area (Å²) in [6.45, 7) is 0. The Bertz CT molecular complexity index is 600. The van der Waals surface area contributed by atoms with Gasteiger partial charge < -0.3 is 5.73 Å². The monoisotopic (exact) mass is 285 g/mol. The fourth-order valence-corrected chi connectivity index (χ4v) is 3.69. The van der Waals surface area contributed by atoms with Gasteiger partial charge in [-0.3, -0.25) is 0 Å². The van der Waals surface area contributed by atoms with Crippen molar-refractivity contribution in [2.24, 2.45) is 11.7 Å². The standard InChI is InChI=1S/C19H24FN/c20-18-12-11-17(15-9-5-6-10-16(15)18)19(21)13-14-7-3-1-2-4-8-14/h5-6,9-12,14,19H,1-4,7-8,13,21H2. The van der Waals surface area contributed by atoms with Crippen molar-refractivity contribution in [3.63, 3.8) is 0 Å². The summed E-state index contributed by atoms with van der Waals surface area (Å²) in [5, 5.41) is 1.66. The summed E-state index contributed by atoms with van der Waals surface area (Å²) >= 11 is 0. The van der Waals surface area contributed by atoms with E-state index in [2.05, 4.69) is 0 Å². The van der Waals surface area contributed by atoms with Gasteiger partial charge in [0.2, 0.25) is 0 Å². The second-order valence-electron chi connectivity index (χ2n) is 6.38. The van der Waals surface area contributed by atoms with E-state index >= 15 is 0 Å². The molecule has 112 valence electrons. The normalized spacial score (nSPS) is 18.6. The summed E-state index contributed by atoms with van der Waals surface area (Å²) in [5.74, 6) is 0.572. The first-order chi connectivity index (χ1) is 10.3. The van der Waals surface area contributed by atoms with E-state index in [1.54, 1.807) is 6.07 Å². The SMILES string of the molecule is NC(CC1CCCCCC1)c1ccc(F)c2ccccc12. The highest BCUT2D eigenvalue weighted by Crippen LogP contribution is 2.33. The van der Waals surface area contributed by atoms with Crippen molar-refractivity contribution in [2.45, 2.75) is 51.0 Å². The molecule has 1 nitrogen and oxygen atoms in total. The lowest BCUT2D eigenvalue weighted by Crippen LogP contribution is -2.16. The number of hydrogen-bond acceptors (Lipinski definition) is 1. The Hall–Kier alpha value is -1.41. The number of fused-ring (bicyclic) bond motifs is 1. The van der Waals surface area contributed by atoms with Crippen LogP contribution in [0.3, 0.4) is 0 Å². The molecule has 0 heterocycles. The third-order valence-corrected chi connectivity index (χ3v) is 4.87. The van der Waals surface area contributed by atoms with Gasteiger partial charge in [-0.15, -0.1) is 0 Å². The molecule has 2 N–H and O–H groups in total. The topological polar surface area (TPSA) is 26.0 Å². The van der Waals surface area contributed by atoms with Gasteiger partial charge in [0.15, 0.2) is 0 Å². The molecule has 1 saturated carbocycles. The highest BCUT2D eigenvalue weighted by molar-refractivity contribution is 5.86. The van der Waals surface area contributed by atoms with Gasteiger partial charge >= 0.3 is 0 Å². The predicted molar refractivity (Wildman–Crippen MR) is 86.6 cm³/mol. The third kappa shape index (κ3) is 3.26. The molecule has 3 rings (SSSR count). The molecule has 1 fully saturated rings. The minimum atomic E-state index is -0.156. The van der Waals surface area contributed by atoms with Crippen LogP contribution in [0.25, 0.3) is 10.8 Å². The Kier molecular flexibility index (Phi) is 4.54. The number of benzene rings is 2. The predicted octanol–water partition coefficient (Wildman–Crippen LogP) is 5.34. The zero-order valence-corrected chi connectivity index (χ0v) is 12.5. The molecule has 2 aromatic rings. The number of hydrogen-bond donors (Lipinski definition) is 1. The van der Waals surface area contributed by atoms with E-state index in [0.717, 1.165) is 23.3 Å². The molecule has 1 atom stereocenters. The van der Waals surface area contributed by atoms with Crippen LogP contribution in [0.5, 0.6) is 0 Å². The van der Waals surface area contributed by atoms with E-state index in [1.165, 1.54) is 38.5 Å². The molecule has 2 heteroatoms. The first-order valence-corrected chi connectivity index (χ1v) is 8.18. The van der Waals surface area contributed by atoms with E-state index in [9.17, 15) is 4.39 Å². The molecule has 0 saturated heterocycles. The third-order valence-electron chi connectivity index (χ3n) is 4.87.